The third kappa shape index (κ3) is 5.08. The van der Waals surface area contributed by atoms with Gasteiger partial charge in [0.05, 0.1) is 29.2 Å². The number of nitrogens with one attached hydrogen (secondary N) is 2. The molecule has 0 bridgehead atoms. The quantitative estimate of drug-likeness (QED) is 0.808. The number of methoxy groups -OCH3 is 1. The van der Waals surface area contributed by atoms with E-state index in [2.05, 4.69) is 4.74 Å². The lowest BCUT2D eigenvalue weighted by Gasteiger charge is -2.15. The largest absolute Gasteiger partial charge is 0.453 e. The van der Waals surface area contributed by atoms with Gasteiger partial charge in [-0.1, -0.05) is 0 Å². The Labute approximate surface area is 140 Å². The number of carbonyl (C=O) groups is 2. The minimum absolute atomic E-state index is 0.243. The molecule has 8 nitrogen and oxygen atoms in total. The Hall–Kier alpha value is -2.81. The number of ether oxygens (including phenoxy) is 1. The van der Waals surface area contributed by atoms with Crippen LogP contribution in [0.25, 0.3) is 0 Å². The zero-order chi connectivity index (χ0) is 19.4. The Kier molecular flexibility index (Phi) is 5.98. The first-order valence-electron chi connectivity index (χ1n) is 6.45. The van der Waals surface area contributed by atoms with Crippen LogP contribution in [0.3, 0.4) is 0 Å². The van der Waals surface area contributed by atoms with Crippen LogP contribution in [-0.2, 0) is 25.7 Å². The van der Waals surface area contributed by atoms with E-state index < -0.39 is 50.3 Å². The third-order valence-electron chi connectivity index (χ3n) is 2.88. The van der Waals surface area contributed by atoms with E-state index in [0.29, 0.717) is 6.07 Å². The molecule has 0 unspecified atom stereocenters. The monoisotopic (exact) mass is 379 g/mol. The van der Waals surface area contributed by atoms with Gasteiger partial charge < -0.3 is 10.1 Å². The van der Waals surface area contributed by atoms with Gasteiger partial charge >= 0.3 is 12.3 Å². The predicted octanol–water partition coefficient (Wildman–Crippen LogP) is 1.13. The van der Waals surface area contributed by atoms with E-state index >= 15 is 0 Å². The molecule has 0 saturated carbocycles. The Balaban J connectivity index is 3.13. The number of rotatable bonds is 4. The lowest BCUT2D eigenvalue weighted by atomic mass is 10.1. The number of carbonyl (C=O) groups excluding carboxylic acids is 2. The van der Waals surface area contributed by atoms with Crippen molar-refractivity contribution in [2.24, 2.45) is 0 Å². The summed E-state index contributed by atoms with van der Waals surface area (Å²) < 4.78 is 68.5. The second kappa shape index (κ2) is 7.39. The van der Waals surface area contributed by atoms with Gasteiger partial charge in [0.25, 0.3) is 15.9 Å². The van der Waals surface area contributed by atoms with Crippen molar-refractivity contribution in [1.29, 1.82) is 5.26 Å². The molecule has 0 aliphatic heterocycles. The molecular weight excluding hydrogens is 367 g/mol. The molecule has 2 amide bonds. The first-order chi connectivity index (χ1) is 11.4. The van der Waals surface area contributed by atoms with Gasteiger partial charge in [-0.3, -0.25) is 4.79 Å². The molecule has 0 spiro atoms. The summed E-state index contributed by atoms with van der Waals surface area (Å²) in [5.74, 6) is -1.19. The summed E-state index contributed by atoms with van der Waals surface area (Å²) in [7, 11) is -3.64. The van der Waals surface area contributed by atoms with E-state index in [1.807, 2.05) is 5.32 Å². The van der Waals surface area contributed by atoms with E-state index in [9.17, 15) is 31.2 Å². The summed E-state index contributed by atoms with van der Waals surface area (Å²) in [6, 6.07) is 1.65. The number of amides is 2. The normalized spacial score (nSPS) is 12.6. The third-order valence-corrected chi connectivity index (χ3v) is 4.22. The lowest BCUT2D eigenvalue weighted by molar-refractivity contribution is -0.137. The number of nitriles is 1. The van der Waals surface area contributed by atoms with Crippen molar-refractivity contribution in [3.8, 4) is 6.07 Å². The molecule has 1 rings (SSSR count). The summed E-state index contributed by atoms with van der Waals surface area (Å²) in [5, 5.41) is 10.7. The summed E-state index contributed by atoms with van der Waals surface area (Å²) in [4.78, 5) is 21.9. The van der Waals surface area contributed by atoms with Crippen molar-refractivity contribution in [2.45, 2.75) is 24.0 Å². The fourth-order valence-corrected chi connectivity index (χ4v) is 2.68. The molecule has 0 aliphatic carbocycles. The van der Waals surface area contributed by atoms with Crippen LogP contribution in [0.2, 0.25) is 0 Å². The lowest BCUT2D eigenvalue weighted by Crippen LogP contribution is -2.46. The number of halogens is 3. The van der Waals surface area contributed by atoms with Crippen LogP contribution >= 0.6 is 0 Å². The van der Waals surface area contributed by atoms with Crippen LogP contribution in [0.4, 0.5) is 18.0 Å². The van der Waals surface area contributed by atoms with Crippen LogP contribution in [0.15, 0.2) is 23.1 Å². The van der Waals surface area contributed by atoms with Crippen molar-refractivity contribution in [3.63, 3.8) is 0 Å². The molecule has 25 heavy (non-hydrogen) atoms. The van der Waals surface area contributed by atoms with E-state index in [1.54, 1.807) is 0 Å². The Morgan fingerprint density at radius 1 is 1.32 bits per heavy atom. The van der Waals surface area contributed by atoms with Gasteiger partial charge in [0, 0.05) is 0 Å². The van der Waals surface area contributed by atoms with Gasteiger partial charge in [-0.25, -0.2) is 17.9 Å². The minimum Gasteiger partial charge on any atom is -0.453 e. The molecule has 12 heteroatoms. The summed E-state index contributed by atoms with van der Waals surface area (Å²) in [6.45, 7) is 1.14. The summed E-state index contributed by atoms with van der Waals surface area (Å²) in [5.41, 5.74) is -2.22. The number of nitrogens with zero attached hydrogens (tertiary/aromatic N) is 1. The van der Waals surface area contributed by atoms with Gasteiger partial charge in [-0.05, 0) is 25.1 Å². The van der Waals surface area contributed by atoms with Gasteiger partial charge in [0.15, 0.2) is 0 Å². The smallest absolute Gasteiger partial charge is 0.417 e. The number of hydrogen-bond acceptors (Lipinski definition) is 6. The molecule has 0 saturated heterocycles. The standard InChI is InChI=1S/C13H12F3N3O5S/c1-7(18-12(21)24-2)11(20)19-25(22,23)9-4-3-8(6-17)10(5-9)13(14,15)16/h3-5,7H,1-2H3,(H,18,21)(H,19,20)/t7-/m0/s1. The SMILES string of the molecule is COC(=O)N[C@@H](C)C(=O)NS(=O)(=O)c1ccc(C#N)c(C(F)(F)F)c1. The highest BCUT2D eigenvalue weighted by Gasteiger charge is 2.35. The van der Waals surface area contributed by atoms with Crippen LogP contribution in [0, 0.1) is 11.3 Å². The van der Waals surface area contributed by atoms with Crippen LogP contribution in [0.5, 0.6) is 0 Å². The summed E-state index contributed by atoms with van der Waals surface area (Å²) >= 11 is 0. The van der Waals surface area contributed by atoms with E-state index in [0.717, 1.165) is 20.1 Å². The fraction of sp³-hybridized carbons (Fsp3) is 0.308. The molecule has 0 heterocycles. The van der Waals surface area contributed by atoms with Crippen molar-refractivity contribution >= 4 is 22.0 Å². The predicted molar refractivity (Wildman–Crippen MR) is 76.5 cm³/mol. The topological polar surface area (TPSA) is 125 Å². The van der Waals surface area contributed by atoms with Crippen molar-refractivity contribution < 1.29 is 35.9 Å². The number of alkyl carbamates (subject to hydrolysis) is 1. The first-order valence-corrected chi connectivity index (χ1v) is 7.93. The van der Waals surface area contributed by atoms with Gasteiger partial charge in [0.1, 0.15) is 6.04 Å². The first kappa shape index (κ1) is 20.2. The highest BCUT2D eigenvalue weighted by molar-refractivity contribution is 7.90. The molecule has 1 aromatic carbocycles. The van der Waals surface area contributed by atoms with Crippen LogP contribution < -0.4 is 10.0 Å². The molecule has 1 atom stereocenters. The molecule has 0 fully saturated rings. The second-order valence-corrected chi connectivity index (χ2v) is 6.33. The average Bonchev–Trinajstić information content (AvgIpc) is 2.52. The Bertz CT molecular complexity index is 830. The molecule has 136 valence electrons. The van der Waals surface area contributed by atoms with E-state index in [-0.39, 0.29) is 6.07 Å². The van der Waals surface area contributed by atoms with Gasteiger partial charge in [-0.15, -0.1) is 0 Å². The highest BCUT2D eigenvalue weighted by atomic mass is 32.2. The molecule has 0 radical (unpaired) electrons. The van der Waals surface area contributed by atoms with E-state index in [4.69, 9.17) is 5.26 Å². The molecule has 0 aromatic heterocycles. The van der Waals surface area contributed by atoms with Crippen LogP contribution in [0.1, 0.15) is 18.1 Å². The maximum Gasteiger partial charge on any atom is 0.417 e. The number of alkyl halides is 3. The Morgan fingerprint density at radius 2 is 1.92 bits per heavy atom. The van der Waals surface area contributed by atoms with E-state index in [1.165, 1.54) is 10.8 Å². The molecule has 1 aromatic rings. The van der Waals surface area contributed by atoms with Crippen molar-refractivity contribution in [3.05, 3.63) is 29.3 Å². The molecule has 2 N–H and O–H groups in total. The maximum atomic E-state index is 12.9. The zero-order valence-electron chi connectivity index (χ0n) is 12.8. The van der Waals surface area contributed by atoms with Crippen molar-refractivity contribution in [2.75, 3.05) is 7.11 Å². The van der Waals surface area contributed by atoms with Gasteiger partial charge in [0.2, 0.25) is 0 Å². The Morgan fingerprint density at radius 3 is 2.40 bits per heavy atom. The minimum atomic E-state index is -4.96. The zero-order valence-corrected chi connectivity index (χ0v) is 13.7. The molecular formula is C13H12F3N3O5S. The van der Waals surface area contributed by atoms with Crippen LogP contribution in [-0.4, -0.2) is 33.6 Å². The average molecular weight is 379 g/mol. The summed E-state index contributed by atoms with van der Waals surface area (Å²) in [6.07, 6.45) is -5.96. The fourth-order valence-electron chi connectivity index (χ4n) is 1.60. The highest BCUT2D eigenvalue weighted by Crippen LogP contribution is 2.33. The second-order valence-electron chi connectivity index (χ2n) is 4.64. The number of hydrogen-bond donors (Lipinski definition) is 2. The number of benzene rings is 1. The molecule has 0 aliphatic rings. The van der Waals surface area contributed by atoms with Crippen molar-refractivity contribution in [1.82, 2.24) is 10.0 Å². The number of sulfonamides is 1. The van der Waals surface area contributed by atoms with Gasteiger partial charge in [-0.2, -0.15) is 18.4 Å². The maximum absolute atomic E-state index is 12.9.